The molecule has 0 aliphatic carbocycles. The van der Waals surface area contributed by atoms with Crippen LogP contribution in [0.3, 0.4) is 0 Å². The van der Waals surface area contributed by atoms with Crippen LogP contribution in [0.15, 0.2) is 58.3 Å². The van der Waals surface area contributed by atoms with E-state index in [4.69, 9.17) is 0 Å². The minimum absolute atomic E-state index is 0.362. The zero-order valence-electron chi connectivity index (χ0n) is 14.4. The highest BCUT2D eigenvalue weighted by molar-refractivity contribution is 7.91. The molecule has 2 atom stereocenters. The van der Waals surface area contributed by atoms with Gasteiger partial charge in [0.05, 0.1) is 9.79 Å². The third-order valence-electron chi connectivity index (χ3n) is 4.74. The Balaban J connectivity index is 2.31. The topological polar surface area (TPSA) is 34.1 Å². The van der Waals surface area contributed by atoms with E-state index in [9.17, 15) is 8.42 Å². The fraction of sp³-hybridized carbons (Fsp3) is 0.400. The highest BCUT2D eigenvalue weighted by Gasteiger charge is 2.18. The van der Waals surface area contributed by atoms with Crippen LogP contribution in [0, 0.1) is 0 Å². The predicted octanol–water partition coefficient (Wildman–Crippen LogP) is 5.55. The van der Waals surface area contributed by atoms with Gasteiger partial charge in [0.15, 0.2) is 0 Å². The van der Waals surface area contributed by atoms with Crippen molar-refractivity contribution in [2.75, 3.05) is 0 Å². The van der Waals surface area contributed by atoms with E-state index in [1.807, 2.05) is 24.3 Å². The Kier molecular flexibility index (Phi) is 5.64. The Labute approximate surface area is 140 Å². The van der Waals surface area contributed by atoms with E-state index < -0.39 is 9.84 Å². The van der Waals surface area contributed by atoms with Crippen molar-refractivity contribution in [3.63, 3.8) is 0 Å². The lowest BCUT2D eigenvalue weighted by molar-refractivity contribution is 0.596. The predicted molar refractivity (Wildman–Crippen MR) is 95.7 cm³/mol. The number of hydrogen-bond donors (Lipinski definition) is 0. The van der Waals surface area contributed by atoms with Crippen molar-refractivity contribution in [2.45, 2.75) is 62.2 Å². The monoisotopic (exact) mass is 330 g/mol. The van der Waals surface area contributed by atoms with Gasteiger partial charge in [-0.1, -0.05) is 52.0 Å². The summed E-state index contributed by atoms with van der Waals surface area (Å²) >= 11 is 0. The summed E-state index contributed by atoms with van der Waals surface area (Å²) in [7, 11) is -3.44. The maximum atomic E-state index is 12.7. The van der Waals surface area contributed by atoms with Crippen molar-refractivity contribution in [1.29, 1.82) is 0 Å². The summed E-state index contributed by atoms with van der Waals surface area (Å²) in [6.45, 7) is 8.57. The van der Waals surface area contributed by atoms with Crippen molar-refractivity contribution >= 4 is 9.84 Å². The van der Waals surface area contributed by atoms with Crippen LogP contribution in [0.25, 0.3) is 0 Å². The first kappa shape index (κ1) is 17.7. The summed E-state index contributed by atoms with van der Waals surface area (Å²) < 4.78 is 25.5. The third-order valence-corrected chi connectivity index (χ3v) is 6.53. The zero-order chi connectivity index (χ0) is 17.0. The Bertz CT molecular complexity index is 669. The molecule has 2 aromatic rings. The lowest BCUT2D eigenvalue weighted by Crippen LogP contribution is -2.03. The van der Waals surface area contributed by atoms with Crippen LogP contribution >= 0.6 is 0 Å². The molecule has 2 aromatic carbocycles. The van der Waals surface area contributed by atoms with Gasteiger partial charge >= 0.3 is 0 Å². The van der Waals surface area contributed by atoms with Gasteiger partial charge in [-0.2, -0.15) is 0 Å². The summed E-state index contributed by atoms with van der Waals surface area (Å²) in [5.41, 5.74) is 2.36. The molecule has 2 rings (SSSR count). The smallest absolute Gasteiger partial charge is 0.206 e. The summed E-state index contributed by atoms with van der Waals surface area (Å²) in [6, 6.07) is 14.6. The fourth-order valence-electron chi connectivity index (χ4n) is 2.56. The highest BCUT2D eigenvalue weighted by Crippen LogP contribution is 2.26. The van der Waals surface area contributed by atoms with E-state index in [2.05, 4.69) is 27.7 Å². The molecule has 2 unspecified atom stereocenters. The average molecular weight is 330 g/mol. The van der Waals surface area contributed by atoms with Gasteiger partial charge in [-0.25, -0.2) is 8.42 Å². The van der Waals surface area contributed by atoms with E-state index in [1.165, 1.54) is 11.1 Å². The second kappa shape index (κ2) is 7.31. The summed E-state index contributed by atoms with van der Waals surface area (Å²) in [5.74, 6) is 0.892. The minimum Gasteiger partial charge on any atom is -0.219 e. The van der Waals surface area contributed by atoms with Gasteiger partial charge in [-0.05, 0) is 60.1 Å². The molecule has 23 heavy (non-hydrogen) atoms. The van der Waals surface area contributed by atoms with Crippen molar-refractivity contribution in [3.8, 4) is 0 Å². The first-order chi connectivity index (χ1) is 10.9. The molecule has 0 fully saturated rings. The van der Waals surface area contributed by atoms with Gasteiger partial charge in [0.1, 0.15) is 0 Å². The average Bonchev–Trinajstić information content (AvgIpc) is 2.60. The largest absolute Gasteiger partial charge is 0.219 e. The molecule has 0 aliphatic heterocycles. The van der Waals surface area contributed by atoms with Crippen molar-refractivity contribution in [2.24, 2.45) is 0 Å². The molecule has 3 heteroatoms. The molecule has 0 radical (unpaired) electrons. The highest BCUT2D eigenvalue weighted by atomic mass is 32.2. The van der Waals surface area contributed by atoms with E-state index in [1.54, 1.807) is 24.3 Å². The van der Waals surface area contributed by atoms with Gasteiger partial charge in [0.2, 0.25) is 9.84 Å². The second-order valence-corrected chi connectivity index (χ2v) is 8.21. The molecule has 0 aromatic heterocycles. The quantitative estimate of drug-likeness (QED) is 0.696. The van der Waals surface area contributed by atoms with Crippen LogP contribution < -0.4 is 0 Å². The van der Waals surface area contributed by atoms with Crippen molar-refractivity contribution in [3.05, 3.63) is 59.7 Å². The van der Waals surface area contributed by atoms with Gasteiger partial charge in [-0.15, -0.1) is 0 Å². The number of sulfone groups is 1. The SMILES string of the molecule is CCC(C)c1ccc(S(=O)(=O)c2ccc(C(C)CC)cc2)cc1. The fourth-order valence-corrected chi connectivity index (χ4v) is 3.82. The summed E-state index contributed by atoms with van der Waals surface area (Å²) in [5, 5.41) is 0. The van der Waals surface area contributed by atoms with Gasteiger partial charge in [-0.3, -0.25) is 0 Å². The maximum absolute atomic E-state index is 12.7. The van der Waals surface area contributed by atoms with Crippen molar-refractivity contribution < 1.29 is 8.42 Å². The number of benzene rings is 2. The molecule has 0 amide bonds. The van der Waals surface area contributed by atoms with E-state index >= 15 is 0 Å². The first-order valence-corrected chi connectivity index (χ1v) is 9.83. The van der Waals surface area contributed by atoms with Crippen LogP contribution in [0.1, 0.15) is 63.5 Å². The maximum Gasteiger partial charge on any atom is 0.206 e. The van der Waals surface area contributed by atoms with Crippen LogP contribution in [0.2, 0.25) is 0 Å². The Morgan fingerprint density at radius 3 is 1.26 bits per heavy atom. The Morgan fingerprint density at radius 1 is 0.696 bits per heavy atom. The van der Waals surface area contributed by atoms with Gasteiger partial charge in [0.25, 0.3) is 0 Å². The molecule has 0 N–H and O–H groups in total. The van der Waals surface area contributed by atoms with Gasteiger partial charge in [0, 0.05) is 0 Å². The normalized spacial score (nSPS) is 14.4. The number of rotatable bonds is 6. The lowest BCUT2D eigenvalue weighted by Gasteiger charge is -2.12. The molecule has 0 saturated carbocycles. The zero-order valence-corrected chi connectivity index (χ0v) is 15.2. The van der Waals surface area contributed by atoms with E-state index in [-0.39, 0.29) is 0 Å². The molecule has 124 valence electrons. The lowest BCUT2D eigenvalue weighted by atomic mass is 9.99. The Morgan fingerprint density at radius 2 is 1.00 bits per heavy atom. The third kappa shape index (κ3) is 3.84. The molecular weight excluding hydrogens is 304 g/mol. The van der Waals surface area contributed by atoms with Crippen molar-refractivity contribution in [1.82, 2.24) is 0 Å². The van der Waals surface area contributed by atoms with Crippen LogP contribution in [0.5, 0.6) is 0 Å². The standard InChI is InChI=1S/C20H26O2S/c1-5-15(3)17-7-11-19(12-8-17)23(21,22)20-13-9-18(10-14-20)16(4)6-2/h7-16H,5-6H2,1-4H3. The number of hydrogen-bond acceptors (Lipinski definition) is 2. The van der Waals surface area contributed by atoms with Crippen LogP contribution in [-0.2, 0) is 9.84 Å². The first-order valence-electron chi connectivity index (χ1n) is 8.35. The molecule has 0 saturated heterocycles. The summed E-state index contributed by atoms with van der Waals surface area (Å²) in [6.07, 6.45) is 2.09. The second-order valence-electron chi connectivity index (χ2n) is 6.26. The molecule has 2 nitrogen and oxygen atoms in total. The molecule has 0 aliphatic rings. The molecule has 0 heterocycles. The summed E-state index contributed by atoms with van der Waals surface area (Å²) in [4.78, 5) is 0.724. The molecular formula is C20H26O2S. The van der Waals surface area contributed by atoms with Crippen LogP contribution in [-0.4, -0.2) is 8.42 Å². The molecule has 0 bridgehead atoms. The van der Waals surface area contributed by atoms with Gasteiger partial charge < -0.3 is 0 Å². The minimum atomic E-state index is -3.44. The van der Waals surface area contributed by atoms with Crippen LogP contribution in [0.4, 0.5) is 0 Å². The Hall–Kier alpha value is -1.61. The molecule has 0 spiro atoms. The van der Waals surface area contributed by atoms with E-state index in [0.29, 0.717) is 21.6 Å². The van der Waals surface area contributed by atoms with E-state index in [0.717, 1.165) is 12.8 Å².